The standard InChI is InChI=1S/C24H21N3O/c1-17-8-11-20(12-9-17)25-24(28)19-10-13-22-21(16-19)23(18-6-3-2-4-7-18)27-15-5-14-26(22)27/h2-4,6-13,16H,5,14-15H2,1H3/p+1. The van der Waals surface area contributed by atoms with E-state index in [4.69, 9.17) is 0 Å². The summed E-state index contributed by atoms with van der Waals surface area (Å²) in [5.74, 6) is -0.0823. The smallest absolute Gasteiger partial charge is 0.255 e. The molecular weight excluding hydrogens is 346 g/mol. The van der Waals surface area contributed by atoms with Gasteiger partial charge in [0.1, 0.15) is 5.52 Å². The molecule has 0 fully saturated rings. The molecule has 5 rings (SSSR count). The largest absolute Gasteiger partial charge is 0.322 e. The van der Waals surface area contributed by atoms with Crippen LogP contribution in [-0.4, -0.2) is 10.6 Å². The van der Waals surface area contributed by atoms with Gasteiger partial charge in [-0.25, -0.2) is 0 Å². The molecule has 3 aromatic carbocycles. The molecule has 1 aliphatic rings. The summed E-state index contributed by atoms with van der Waals surface area (Å²) in [6.07, 6.45) is 1.14. The van der Waals surface area contributed by atoms with Crippen molar-refractivity contribution in [1.82, 2.24) is 4.68 Å². The highest BCUT2D eigenvalue weighted by molar-refractivity contribution is 6.07. The van der Waals surface area contributed by atoms with Crippen LogP contribution in [-0.2, 0) is 13.1 Å². The molecule has 1 aromatic heterocycles. The fourth-order valence-corrected chi connectivity index (χ4v) is 4.07. The highest BCUT2D eigenvalue weighted by Crippen LogP contribution is 2.29. The molecule has 4 aromatic rings. The summed E-state index contributed by atoms with van der Waals surface area (Å²) >= 11 is 0. The first-order valence-corrected chi connectivity index (χ1v) is 9.70. The van der Waals surface area contributed by atoms with Crippen molar-refractivity contribution in [3.05, 3.63) is 83.9 Å². The Bertz CT molecular complexity index is 1170. The number of rotatable bonds is 3. The SMILES string of the molecule is Cc1ccc(NC(=O)c2ccc3c(c2)c(-c2ccccc2)[n+]2n3CCC2)cc1. The maximum absolute atomic E-state index is 12.8. The van der Waals surface area contributed by atoms with Crippen molar-refractivity contribution in [3.8, 4) is 11.3 Å². The molecule has 28 heavy (non-hydrogen) atoms. The van der Waals surface area contributed by atoms with E-state index >= 15 is 0 Å². The van der Waals surface area contributed by atoms with Gasteiger partial charge in [0.15, 0.2) is 6.54 Å². The van der Waals surface area contributed by atoms with Gasteiger partial charge in [0.2, 0.25) is 5.69 Å². The average molecular weight is 368 g/mol. The summed E-state index contributed by atoms with van der Waals surface area (Å²) in [6, 6.07) is 24.3. The average Bonchev–Trinajstić information content (AvgIpc) is 3.30. The van der Waals surface area contributed by atoms with Crippen LogP contribution in [0.15, 0.2) is 72.8 Å². The lowest BCUT2D eigenvalue weighted by Crippen LogP contribution is -2.38. The summed E-state index contributed by atoms with van der Waals surface area (Å²) in [5, 5.41) is 4.13. The van der Waals surface area contributed by atoms with Gasteiger partial charge in [-0.3, -0.25) is 4.79 Å². The lowest BCUT2D eigenvalue weighted by atomic mass is 10.0. The third-order valence-corrected chi connectivity index (χ3v) is 5.44. The second kappa shape index (κ2) is 6.64. The first-order valence-electron chi connectivity index (χ1n) is 9.70. The third kappa shape index (κ3) is 2.78. The highest BCUT2D eigenvalue weighted by Gasteiger charge is 2.30. The molecule has 0 saturated heterocycles. The molecule has 1 aliphatic heterocycles. The Balaban J connectivity index is 1.59. The van der Waals surface area contributed by atoms with Crippen LogP contribution in [0.3, 0.4) is 0 Å². The molecule has 0 spiro atoms. The van der Waals surface area contributed by atoms with Gasteiger partial charge in [-0.05, 0) is 49.4 Å². The molecule has 2 heterocycles. The second-order valence-electron chi connectivity index (χ2n) is 7.37. The van der Waals surface area contributed by atoms with Crippen LogP contribution in [0, 0.1) is 6.92 Å². The number of hydrogen-bond acceptors (Lipinski definition) is 1. The van der Waals surface area contributed by atoms with Gasteiger partial charge in [0.25, 0.3) is 5.91 Å². The van der Waals surface area contributed by atoms with E-state index in [-0.39, 0.29) is 5.91 Å². The van der Waals surface area contributed by atoms with Crippen molar-refractivity contribution in [2.24, 2.45) is 0 Å². The number of fused-ring (bicyclic) bond motifs is 3. The Labute approximate surface area is 164 Å². The van der Waals surface area contributed by atoms with Crippen LogP contribution >= 0.6 is 0 Å². The monoisotopic (exact) mass is 368 g/mol. The molecule has 138 valence electrons. The normalized spacial score (nSPS) is 12.9. The summed E-state index contributed by atoms with van der Waals surface area (Å²) in [4.78, 5) is 12.8. The minimum Gasteiger partial charge on any atom is -0.322 e. The van der Waals surface area contributed by atoms with Crippen molar-refractivity contribution in [2.45, 2.75) is 26.4 Å². The van der Waals surface area contributed by atoms with Crippen LogP contribution in [0.5, 0.6) is 0 Å². The van der Waals surface area contributed by atoms with Crippen molar-refractivity contribution >= 4 is 22.5 Å². The van der Waals surface area contributed by atoms with Gasteiger partial charge in [0.05, 0.1) is 11.9 Å². The third-order valence-electron chi connectivity index (χ3n) is 5.44. The molecule has 1 N–H and O–H groups in total. The first kappa shape index (κ1) is 16.8. The fraction of sp³-hybridized carbons (Fsp3) is 0.167. The van der Waals surface area contributed by atoms with Crippen LogP contribution in [0.4, 0.5) is 5.69 Å². The maximum Gasteiger partial charge on any atom is 0.255 e. The van der Waals surface area contributed by atoms with Gasteiger partial charge in [-0.15, -0.1) is 4.68 Å². The Kier molecular flexibility index (Phi) is 3.97. The topological polar surface area (TPSA) is 37.9 Å². The molecule has 0 unspecified atom stereocenters. The van der Waals surface area contributed by atoms with E-state index in [0.717, 1.165) is 30.6 Å². The number of carbonyl (C=O) groups excluding carboxylic acids is 1. The molecular formula is C24H22N3O+. The van der Waals surface area contributed by atoms with E-state index in [1.807, 2.05) is 49.4 Å². The lowest BCUT2D eigenvalue weighted by Gasteiger charge is -2.06. The van der Waals surface area contributed by atoms with E-state index in [9.17, 15) is 4.79 Å². The van der Waals surface area contributed by atoms with E-state index < -0.39 is 0 Å². The van der Waals surface area contributed by atoms with Crippen LogP contribution < -0.4 is 10.00 Å². The Morgan fingerprint density at radius 2 is 1.79 bits per heavy atom. The Morgan fingerprint density at radius 3 is 2.57 bits per heavy atom. The molecule has 0 atom stereocenters. The Hall–Kier alpha value is -3.40. The number of carbonyl (C=O) groups is 1. The quantitative estimate of drug-likeness (QED) is 0.529. The van der Waals surface area contributed by atoms with E-state index in [1.54, 1.807) is 0 Å². The van der Waals surface area contributed by atoms with Crippen LogP contribution in [0.1, 0.15) is 22.3 Å². The zero-order valence-corrected chi connectivity index (χ0v) is 15.9. The minimum atomic E-state index is -0.0823. The second-order valence-corrected chi connectivity index (χ2v) is 7.37. The molecule has 0 radical (unpaired) electrons. The predicted molar refractivity (Wildman–Crippen MR) is 111 cm³/mol. The summed E-state index contributed by atoms with van der Waals surface area (Å²) in [6.45, 7) is 4.05. The fourth-order valence-electron chi connectivity index (χ4n) is 4.07. The zero-order chi connectivity index (χ0) is 19.1. The van der Waals surface area contributed by atoms with Crippen molar-refractivity contribution in [1.29, 1.82) is 0 Å². The van der Waals surface area contributed by atoms with E-state index in [0.29, 0.717) is 5.56 Å². The number of anilines is 1. The minimum absolute atomic E-state index is 0.0823. The van der Waals surface area contributed by atoms with Crippen molar-refractivity contribution < 1.29 is 9.48 Å². The van der Waals surface area contributed by atoms with Gasteiger partial charge < -0.3 is 5.32 Å². The summed E-state index contributed by atoms with van der Waals surface area (Å²) in [5.41, 5.74) is 6.22. The zero-order valence-electron chi connectivity index (χ0n) is 15.9. The summed E-state index contributed by atoms with van der Waals surface area (Å²) < 4.78 is 4.68. The van der Waals surface area contributed by atoms with Crippen LogP contribution in [0.2, 0.25) is 0 Å². The van der Waals surface area contributed by atoms with Gasteiger partial charge in [-0.2, -0.15) is 4.68 Å². The lowest BCUT2D eigenvalue weighted by molar-refractivity contribution is -0.745. The van der Waals surface area contributed by atoms with Crippen molar-refractivity contribution in [2.75, 3.05) is 5.32 Å². The van der Waals surface area contributed by atoms with Crippen LogP contribution in [0.25, 0.3) is 22.2 Å². The van der Waals surface area contributed by atoms with Gasteiger partial charge >= 0.3 is 0 Å². The van der Waals surface area contributed by atoms with E-state index in [2.05, 4.69) is 45.0 Å². The molecule has 0 aliphatic carbocycles. The number of amides is 1. The number of hydrogen-bond donors (Lipinski definition) is 1. The number of benzene rings is 3. The maximum atomic E-state index is 12.8. The van der Waals surface area contributed by atoms with Gasteiger partial charge in [0, 0.05) is 23.2 Å². The molecule has 0 bridgehead atoms. The molecule has 4 nitrogen and oxygen atoms in total. The summed E-state index contributed by atoms with van der Waals surface area (Å²) in [7, 11) is 0. The molecule has 1 amide bonds. The predicted octanol–water partition coefficient (Wildman–Crippen LogP) is 4.56. The number of nitrogens with one attached hydrogen (secondary N) is 1. The van der Waals surface area contributed by atoms with Gasteiger partial charge in [-0.1, -0.05) is 35.9 Å². The first-order chi connectivity index (χ1) is 13.7. The number of aryl methyl sites for hydroxylation is 2. The number of nitrogens with zero attached hydrogens (tertiary/aromatic N) is 2. The highest BCUT2D eigenvalue weighted by atomic mass is 16.1. The molecule has 0 saturated carbocycles. The van der Waals surface area contributed by atoms with E-state index in [1.165, 1.54) is 22.3 Å². The number of aromatic nitrogens is 2. The van der Waals surface area contributed by atoms with Crippen molar-refractivity contribution in [3.63, 3.8) is 0 Å². The Morgan fingerprint density at radius 1 is 1.00 bits per heavy atom. The molecule has 4 heteroatoms.